The van der Waals surface area contributed by atoms with Crippen molar-refractivity contribution in [2.24, 2.45) is 5.14 Å². The largest absolute Gasteiger partial charge is 0.302 e. The van der Waals surface area contributed by atoms with E-state index < -0.39 is 10.2 Å². The SMILES string of the molecule is NS(=O)(=O)n1ccc2nncc-2c1. The molecule has 0 aromatic carbocycles. The molecule has 0 saturated heterocycles. The number of pyridine rings is 1. The van der Waals surface area contributed by atoms with E-state index in [1.165, 1.54) is 24.7 Å². The Labute approximate surface area is 74.5 Å². The van der Waals surface area contributed by atoms with Crippen LogP contribution in [-0.2, 0) is 10.2 Å². The molecule has 0 atom stereocenters. The first-order valence-electron chi connectivity index (χ1n) is 3.40. The van der Waals surface area contributed by atoms with Gasteiger partial charge in [-0.3, -0.25) is 0 Å². The molecule has 0 amide bonds. The number of hydrogen-bond acceptors (Lipinski definition) is 4. The van der Waals surface area contributed by atoms with E-state index in [2.05, 4.69) is 10.2 Å². The Morgan fingerprint density at radius 2 is 2.23 bits per heavy atom. The Hall–Kier alpha value is -1.47. The van der Waals surface area contributed by atoms with Gasteiger partial charge in [0, 0.05) is 18.0 Å². The monoisotopic (exact) mass is 198 g/mol. The van der Waals surface area contributed by atoms with Crippen molar-refractivity contribution in [2.45, 2.75) is 0 Å². The topological polar surface area (TPSA) is 90.9 Å². The summed E-state index contributed by atoms with van der Waals surface area (Å²) in [5.41, 5.74) is 1.27. The van der Waals surface area contributed by atoms with E-state index in [0.29, 0.717) is 11.3 Å². The minimum absolute atomic E-state index is 0.636. The van der Waals surface area contributed by atoms with Gasteiger partial charge in [-0.05, 0) is 6.07 Å². The first kappa shape index (κ1) is 8.14. The van der Waals surface area contributed by atoms with Crippen molar-refractivity contribution in [1.29, 1.82) is 0 Å². The van der Waals surface area contributed by atoms with Gasteiger partial charge >= 0.3 is 10.2 Å². The standard InChI is InChI=1S/C6H6N4O2S/c7-13(11,12)10-2-1-6-5(4-10)3-8-9-6/h1-4H,(H2,7,11,12). The fraction of sp³-hybridized carbons (Fsp3) is 0. The van der Waals surface area contributed by atoms with Crippen molar-refractivity contribution in [3.05, 3.63) is 24.7 Å². The lowest BCUT2D eigenvalue weighted by Gasteiger charge is -2.03. The fourth-order valence-corrected chi connectivity index (χ4v) is 1.48. The summed E-state index contributed by atoms with van der Waals surface area (Å²) >= 11 is 0. The van der Waals surface area contributed by atoms with Gasteiger partial charge in [0.25, 0.3) is 0 Å². The molecule has 0 fully saturated rings. The third-order valence-corrected chi connectivity index (χ3v) is 2.41. The molecule has 2 aliphatic heterocycles. The fourth-order valence-electron chi connectivity index (χ4n) is 0.989. The van der Waals surface area contributed by atoms with Gasteiger partial charge in [-0.15, -0.1) is 0 Å². The first-order valence-corrected chi connectivity index (χ1v) is 4.90. The lowest BCUT2D eigenvalue weighted by atomic mass is 10.2. The van der Waals surface area contributed by atoms with Gasteiger partial charge in [0.15, 0.2) is 0 Å². The first-order chi connectivity index (χ1) is 6.07. The molecule has 0 spiro atoms. The lowest BCUT2D eigenvalue weighted by Crippen LogP contribution is -2.21. The maximum absolute atomic E-state index is 10.9. The second kappa shape index (κ2) is 2.51. The van der Waals surface area contributed by atoms with Crippen LogP contribution in [0.2, 0.25) is 0 Å². The highest BCUT2D eigenvalue weighted by molar-refractivity contribution is 7.87. The molecular weight excluding hydrogens is 192 g/mol. The van der Waals surface area contributed by atoms with Gasteiger partial charge in [-0.2, -0.15) is 18.6 Å². The molecule has 0 aliphatic carbocycles. The van der Waals surface area contributed by atoms with Crippen LogP contribution in [-0.4, -0.2) is 22.6 Å². The summed E-state index contributed by atoms with van der Waals surface area (Å²) in [6.45, 7) is 0. The molecule has 0 unspecified atom stereocenters. The van der Waals surface area contributed by atoms with Gasteiger partial charge in [-0.25, -0.2) is 9.11 Å². The summed E-state index contributed by atoms with van der Waals surface area (Å²) < 4.78 is 22.7. The van der Waals surface area contributed by atoms with Crippen LogP contribution >= 0.6 is 0 Å². The summed E-state index contributed by atoms with van der Waals surface area (Å²) in [4.78, 5) is 0. The molecule has 2 rings (SSSR count). The molecule has 0 bridgehead atoms. The van der Waals surface area contributed by atoms with Crippen LogP contribution in [0.5, 0.6) is 0 Å². The summed E-state index contributed by atoms with van der Waals surface area (Å²) in [7, 11) is -3.71. The van der Waals surface area contributed by atoms with Crippen LogP contribution in [0, 0.1) is 0 Å². The van der Waals surface area contributed by atoms with Crippen LogP contribution in [0.4, 0.5) is 0 Å². The van der Waals surface area contributed by atoms with Gasteiger partial charge < -0.3 is 0 Å². The molecule has 0 aromatic rings. The van der Waals surface area contributed by atoms with E-state index in [4.69, 9.17) is 5.14 Å². The Kier molecular flexibility index (Phi) is 1.57. The van der Waals surface area contributed by atoms with E-state index in [1.54, 1.807) is 0 Å². The quantitative estimate of drug-likeness (QED) is 0.664. The van der Waals surface area contributed by atoms with Crippen molar-refractivity contribution >= 4 is 10.2 Å². The van der Waals surface area contributed by atoms with E-state index >= 15 is 0 Å². The molecule has 2 heterocycles. The predicted molar refractivity (Wildman–Crippen MR) is 45.1 cm³/mol. The van der Waals surface area contributed by atoms with Crippen LogP contribution in [0.15, 0.2) is 24.7 Å². The highest BCUT2D eigenvalue weighted by Gasteiger charge is 2.09. The number of aromatic nitrogens is 3. The summed E-state index contributed by atoms with van der Waals surface area (Å²) in [5.74, 6) is 0. The molecule has 68 valence electrons. The maximum Gasteiger partial charge on any atom is 0.302 e. The third kappa shape index (κ3) is 1.38. The Morgan fingerprint density at radius 3 is 2.92 bits per heavy atom. The van der Waals surface area contributed by atoms with Crippen LogP contribution in [0.25, 0.3) is 11.3 Å². The molecule has 0 saturated carbocycles. The van der Waals surface area contributed by atoms with Crippen molar-refractivity contribution in [1.82, 2.24) is 14.2 Å². The summed E-state index contributed by atoms with van der Waals surface area (Å²) in [6, 6.07) is 1.53. The number of hydrogen-bond donors (Lipinski definition) is 1. The van der Waals surface area contributed by atoms with Crippen LogP contribution in [0.1, 0.15) is 0 Å². The van der Waals surface area contributed by atoms with Crippen molar-refractivity contribution in [3.8, 4) is 11.3 Å². The van der Waals surface area contributed by atoms with E-state index in [9.17, 15) is 8.42 Å². The van der Waals surface area contributed by atoms with Crippen LogP contribution in [0.3, 0.4) is 0 Å². The molecule has 0 radical (unpaired) electrons. The Morgan fingerprint density at radius 1 is 1.46 bits per heavy atom. The Balaban J connectivity index is 2.70. The predicted octanol–water partition coefficient (Wildman–Crippen LogP) is -0.566. The van der Waals surface area contributed by atoms with Crippen molar-refractivity contribution < 1.29 is 8.42 Å². The average molecular weight is 198 g/mol. The van der Waals surface area contributed by atoms with Gasteiger partial charge in [0.2, 0.25) is 0 Å². The highest BCUT2D eigenvalue weighted by Crippen LogP contribution is 2.16. The maximum atomic E-state index is 10.9. The van der Waals surface area contributed by atoms with E-state index in [1.807, 2.05) is 0 Å². The van der Waals surface area contributed by atoms with Crippen LogP contribution < -0.4 is 5.14 Å². The summed E-state index contributed by atoms with van der Waals surface area (Å²) in [5, 5.41) is 12.3. The van der Waals surface area contributed by atoms with Gasteiger partial charge in [0.05, 0.1) is 11.9 Å². The van der Waals surface area contributed by atoms with Crippen molar-refractivity contribution in [3.63, 3.8) is 0 Å². The smallest absolute Gasteiger partial charge is 0.240 e. The number of rotatable bonds is 1. The zero-order valence-electron chi connectivity index (χ0n) is 6.45. The van der Waals surface area contributed by atoms with Crippen molar-refractivity contribution in [2.75, 3.05) is 0 Å². The van der Waals surface area contributed by atoms with Gasteiger partial charge in [0.1, 0.15) is 0 Å². The molecule has 2 aliphatic rings. The highest BCUT2D eigenvalue weighted by atomic mass is 32.2. The minimum atomic E-state index is -3.71. The summed E-state index contributed by atoms with van der Waals surface area (Å²) in [6.07, 6.45) is 4.16. The number of fused-ring (bicyclic) bond motifs is 1. The number of nitrogens with zero attached hydrogens (tertiary/aromatic N) is 3. The van der Waals surface area contributed by atoms with Gasteiger partial charge in [-0.1, -0.05) is 0 Å². The molecule has 13 heavy (non-hydrogen) atoms. The molecular formula is C6H6N4O2S. The molecule has 7 heteroatoms. The molecule has 2 N–H and O–H groups in total. The zero-order chi connectivity index (χ0) is 9.47. The van der Waals surface area contributed by atoms with E-state index in [-0.39, 0.29) is 0 Å². The van der Waals surface area contributed by atoms with E-state index in [0.717, 1.165) is 3.97 Å². The zero-order valence-corrected chi connectivity index (χ0v) is 7.27. The normalized spacial score (nSPS) is 12.1. The molecule has 6 nitrogen and oxygen atoms in total. The second-order valence-corrected chi connectivity index (χ2v) is 3.96. The minimum Gasteiger partial charge on any atom is -0.240 e. The second-order valence-electron chi connectivity index (χ2n) is 2.50. The Bertz CT molecular complexity index is 503. The third-order valence-electron chi connectivity index (χ3n) is 1.60. The number of nitrogens with two attached hydrogens (primary N) is 1. The average Bonchev–Trinajstić information content (AvgIpc) is 2.47. The molecule has 0 aromatic heterocycles. The lowest BCUT2D eigenvalue weighted by molar-refractivity contribution is 0.589.